The molecule has 0 spiro atoms. The lowest BCUT2D eigenvalue weighted by Gasteiger charge is -2.37. The first-order valence-corrected chi connectivity index (χ1v) is 8.51. The Morgan fingerprint density at radius 2 is 1.60 bits per heavy atom. The first-order valence-electron chi connectivity index (χ1n) is 5.60. The van der Waals surface area contributed by atoms with Gasteiger partial charge in [-0.3, -0.25) is 0 Å². The summed E-state index contributed by atoms with van der Waals surface area (Å²) in [6, 6.07) is 0. The molecule has 0 rings (SSSR count). The SMILES string of the molecule is C[C@H](/C=C\[C@@H](C)O)O[Si](C)(C)C(C)(C)C. The number of rotatable bonds is 4. The standard InChI is InChI=1S/C12H26O2Si/c1-10(13)8-9-11(2)14-15(6,7)12(3,4)5/h8-11,13H,1-7H3/b9-8-/t10-,11-/m1/s1. The van der Waals surface area contributed by atoms with Gasteiger partial charge in [-0.1, -0.05) is 32.9 Å². The summed E-state index contributed by atoms with van der Waals surface area (Å²) >= 11 is 0. The molecule has 0 bridgehead atoms. The van der Waals surface area contributed by atoms with Crippen molar-refractivity contribution in [3.05, 3.63) is 12.2 Å². The highest BCUT2D eigenvalue weighted by molar-refractivity contribution is 6.74. The summed E-state index contributed by atoms with van der Waals surface area (Å²) in [6.45, 7) is 14.9. The van der Waals surface area contributed by atoms with E-state index in [9.17, 15) is 0 Å². The van der Waals surface area contributed by atoms with Gasteiger partial charge in [0.2, 0.25) is 0 Å². The van der Waals surface area contributed by atoms with Crippen LogP contribution in [0, 0.1) is 0 Å². The minimum atomic E-state index is -1.67. The van der Waals surface area contributed by atoms with Crippen molar-refractivity contribution in [2.24, 2.45) is 0 Å². The van der Waals surface area contributed by atoms with Crippen molar-refractivity contribution in [1.82, 2.24) is 0 Å². The van der Waals surface area contributed by atoms with Crippen LogP contribution in [-0.4, -0.2) is 25.6 Å². The van der Waals surface area contributed by atoms with E-state index < -0.39 is 14.4 Å². The fraction of sp³-hybridized carbons (Fsp3) is 0.833. The summed E-state index contributed by atoms with van der Waals surface area (Å²) in [7, 11) is -1.67. The highest BCUT2D eigenvalue weighted by Gasteiger charge is 2.37. The van der Waals surface area contributed by atoms with Crippen molar-refractivity contribution in [2.75, 3.05) is 0 Å². The highest BCUT2D eigenvalue weighted by atomic mass is 28.4. The van der Waals surface area contributed by atoms with E-state index in [-0.39, 0.29) is 11.1 Å². The quantitative estimate of drug-likeness (QED) is 0.593. The van der Waals surface area contributed by atoms with Gasteiger partial charge < -0.3 is 9.53 Å². The zero-order valence-corrected chi connectivity index (χ0v) is 12.2. The molecule has 0 aliphatic carbocycles. The molecular weight excluding hydrogens is 204 g/mol. The maximum absolute atomic E-state index is 9.13. The fourth-order valence-corrected chi connectivity index (χ4v) is 2.36. The smallest absolute Gasteiger partial charge is 0.192 e. The van der Waals surface area contributed by atoms with Gasteiger partial charge in [0.25, 0.3) is 0 Å². The molecule has 15 heavy (non-hydrogen) atoms. The zero-order chi connectivity index (χ0) is 12.3. The second-order valence-electron chi connectivity index (χ2n) is 5.71. The summed E-state index contributed by atoms with van der Waals surface area (Å²) in [5, 5.41) is 9.36. The van der Waals surface area contributed by atoms with Gasteiger partial charge in [0.1, 0.15) is 0 Å². The molecule has 0 saturated carbocycles. The average Bonchev–Trinajstić information content (AvgIpc) is 1.97. The molecule has 0 aliphatic rings. The topological polar surface area (TPSA) is 29.5 Å². The Morgan fingerprint density at radius 1 is 1.13 bits per heavy atom. The number of aliphatic hydroxyl groups excluding tert-OH is 1. The minimum absolute atomic E-state index is 0.0838. The average molecular weight is 230 g/mol. The Balaban J connectivity index is 4.35. The third kappa shape index (κ3) is 5.49. The maximum atomic E-state index is 9.13. The van der Waals surface area contributed by atoms with Gasteiger partial charge in [0.05, 0.1) is 12.2 Å². The molecule has 0 saturated heterocycles. The van der Waals surface area contributed by atoms with Crippen LogP contribution in [0.2, 0.25) is 18.1 Å². The lowest BCUT2D eigenvalue weighted by Crippen LogP contribution is -2.42. The molecule has 0 aromatic heterocycles. The second-order valence-corrected chi connectivity index (χ2v) is 10.5. The molecule has 0 amide bonds. The van der Waals surface area contributed by atoms with Gasteiger partial charge in [-0.2, -0.15) is 0 Å². The van der Waals surface area contributed by atoms with E-state index in [0.717, 1.165) is 0 Å². The molecule has 1 N–H and O–H groups in total. The van der Waals surface area contributed by atoms with Gasteiger partial charge in [0.15, 0.2) is 8.32 Å². The van der Waals surface area contributed by atoms with Gasteiger partial charge in [0, 0.05) is 0 Å². The zero-order valence-electron chi connectivity index (χ0n) is 11.2. The molecule has 2 atom stereocenters. The summed E-state index contributed by atoms with van der Waals surface area (Å²) < 4.78 is 6.09. The number of hydrogen-bond donors (Lipinski definition) is 1. The van der Waals surface area contributed by atoms with E-state index in [4.69, 9.17) is 9.53 Å². The molecule has 0 aliphatic heterocycles. The van der Waals surface area contributed by atoms with Crippen LogP contribution in [-0.2, 0) is 4.43 Å². The van der Waals surface area contributed by atoms with Crippen LogP contribution in [0.15, 0.2) is 12.2 Å². The Bertz CT molecular complexity index is 214. The van der Waals surface area contributed by atoms with Crippen LogP contribution in [0.25, 0.3) is 0 Å². The first kappa shape index (κ1) is 14.9. The Labute approximate surface area is 95.5 Å². The molecule has 0 aromatic carbocycles. The maximum Gasteiger partial charge on any atom is 0.192 e. The van der Waals surface area contributed by atoms with Crippen molar-refractivity contribution in [1.29, 1.82) is 0 Å². The van der Waals surface area contributed by atoms with Crippen molar-refractivity contribution >= 4 is 8.32 Å². The van der Waals surface area contributed by atoms with Crippen molar-refractivity contribution < 1.29 is 9.53 Å². The van der Waals surface area contributed by atoms with Crippen molar-refractivity contribution in [3.63, 3.8) is 0 Å². The Kier molecular flexibility index (Phi) is 5.24. The van der Waals surface area contributed by atoms with E-state index in [0.29, 0.717) is 0 Å². The molecule has 0 unspecified atom stereocenters. The minimum Gasteiger partial charge on any atom is -0.411 e. The van der Waals surface area contributed by atoms with Crippen molar-refractivity contribution in [2.45, 2.75) is 65.0 Å². The summed E-state index contributed by atoms with van der Waals surface area (Å²) in [5.74, 6) is 0. The molecule has 90 valence electrons. The predicted molar refractivity (Wildman–Crippen MR) is 68.6 cm³/mol. The van der Waals surface area contributed by atoms with E-state index in [1.165, 1.54) is 0 Å². The third-order valence-corrected chi connectivity index (χ3v) is 7.52. The van der Waals surface area contributed by atoms with E-state index in [1.54, 1.807) is 13.0 Å². The number of aliphatic hydroxyl groups is 1. The lowest BCUT2D eigenvalue weighted by molar-refractivity contribution is 0.228. The summed E-state index contributed by atoms with van der Waals surface area (Å²) in [5.41, 5.74) is 0. The van der Waals surface area contributed by atoms with Crippen LogP contribution < -0.4 is 0 Å². The molecule has 0 heterocycles. The highest BCUT2D eigenvalue weighted by Crippen LogP contribution is 2.37. The molecule has 2 nitrogen and oxygen atoms in total. The van der Waals surface area contributed by atoms with Gasteiger partial charge in [-0.15, -0.1) is 0 Å². The van der Waals surface area contributed by atoms with Crippen LogP contribution >= 0.6 is 0 Å². The van der Waals surface area contributed by atoms with Crippen molar-refractivity contribution in [3.8, 4) is 0 Å². The second kappa shape index (κ2) is 5.28. The van der Waals surface area contributed by atoms with E-state index >= 15 is 0 Å². The van der Waals surface area contributed by atoms with Gasteiger partial charge in [-0.05, 0) is 32.0 Å². The van der Waals surface area contributed by atoms with Crippen LogP contribution in [0.5, 0.6) is 0 Å². The largest absolute Gasteiger partial charge is 0.411 e. The Hall–Kier alpha value is -0.123. The van der Waals surface area contributed by atoms with Gasteiger partial charge >= 0.3 is 0 Å². The summed E-state index contributed by atoms with van der Waals surface area (Å²) in [6.07, 6.45) is 3.40. The predicted octanol–water partition coefficient (Wildman–Crippen LogP) is 3.33. The molecule has 0 radical (unpaired) electrons. The lowest BCUT2D eigenvalue weighted by atomic mass is 10.2. The normalized spacial score (nSPS) is 18.1. The van der Waals surface area contributed by atoms with E-state index in [2.05, 4.69) is 33.9 Å². The van der Waals surface area contributed by atoms with E-state index in [1.807, 2.05) is 13.0 Å². The molecule has 0 fully saturated rings. The van der Waals surface area contributed by atoms with Gasteiger partial charge in [-0.25, -0.2) is 0 Å². The van der Waals surface area contributed by atoms with Crippen LogP contribution in [0.1, 0.15) is 34.6 Å². The fourth-order valence-electron chi connectivity index (χ4n) is 0.998. The molecular formula is C12H26O2Si. The van der Waals surface area contributed by atoms with Crippen LogP contribution in [0.3, 0.4) is 0 Å². The Morgan fingerprint density at radius 3 is 1.93 bits per heavy atom. The molecule has 0 aromatic rings. The monoisotopic (exact) mass is 230 g/mol. The third-order valence-electron chi connectivity index (χ3n) is 2.95. The first-order chi connectivity index (χ1) is 6.56. The molecule has 3 heteroatoms. The number of hydrogen-bond acceptors (Lipinski definition) is 2. The van der Waals surface area contributed by atoms with Crippen LogP contribution in [0.4, 0.5) is 0 Å². The summed E-state index contributed by atoms with van der Waals surface area (Å²) in [4.78, 5) is 0.